The topological polar surface area (TPSA) is 66.3 Å². The smallest absolute Gasteiger partial charge is 0.302 e. The van der Waals surface area contributed by atoms with Crippen LogP contribution in [0.3, 0.4) is 0 Å². The lowest BCUT2D eigenvalue weighted by Crippen LogP contribution is -2.21. The number of hydrogen-bond donors (Lipinski definition) is 1. The molecule has 0 aliphatic carbocycles. The summed E-state index contributed by atoms with van der Waals surface area (Å²) in [5.41, 5.74) is 6.00. The molecule has 0 saturated carbocycles. The van der Waals surface area contributed by atoms with E-state index in [1.807, 2.05) is 18.5 Å². The monoisotopic (exact) mass is 415 g/mol. The SMILES string of the molecule is CN(CCc1ccncc1)Cc1cc2n[nH]c(=O)n2c2cc(-c3ccsc3)ccc12. The van der Waals surface area contributed by atoms with Gasteiger partial charge in [-0.25, -0.2) is 14.3 Å². The molecule has 0 amide bonds. The van der Waals surface area contributed by atoms with E-state index in [0.29, 0.717) is 5.65 Å². The van der Waals surface area contributed by atoms with Crippen LogP contribution in [0.4, 0.5) is 0 Å². The van der Waals surface area contributed by atoms with Crippen LogP contribution in [0, 0.1) is 0 Å². The zero-order valence-electron chi connectivity index (χ0n) is 16.6. The third-order valence-corrected chi connectivity index (χ3v) is 6.10. The highest BCUT2D eigenvalue weighted by Gasteiger charge is 2.13. The van der Waals surface area contributed by atoms with E-state index in [2.05, 4.69) is 74.3 Å². The lowest BCUT2D eigenvalue weighted by molar-refractivity contribution is 0.332. The first kappa shape index (κ1) is 18.7. The van der Waals surface area contributed by atoms with Crippen molar-refractivity contribution in [3.8, 4) is 11.1 Å². The van der Waals surface area contributed by atoms with Crippen molar-refractivity contribution >= 4 is 27.9 Å². The Hall–Kier alpha value is -3.29. The fraction of sp³-hybridized carbons (Fsp3) is 0.174. The van der Waals surface area contributed by atoms with Crippen LogP contribution >= 0.6 is 11.3 Å². The van der Waals surface area contributed by atoms with Crippen molar-refractivity contribution in [2.45, 2.75) is 13.0 Å². The maximum Gasteiger partial charge on any atom is 0.348 e. The van der Waals surface area contributed by atoms with E-state index in [0.717, 1.165) is 47.1 Å². The molecule has 150 valence electrons. The number of thiophene rings is 1. The van der Waals surface area contributed by atoms with E-state index >= 15 is 0 Å². The van der Waals surface area contributed by atoms with Gasteiger partial charge in [-0.1, -0.05) is 12.1 Å². The molecule has 0 bridgehead atoms. The van der Waals surface area contributed by atoms with Crippen LogP contribution in [0.15, 0.2) is 70.4 Å². The molecule has 5 rings (SSSR count). The molecule has 1 aromatic carbocycles. The van der Waals surface area contributed by atoms with Gasteiger partial charge in [0.15, 0.2) is 5.65 Å². The van der Waals surface area contributed by atoms with Crippen LogP contribution in [-0.4, -0.2) is 38.1 Å². The molecule has 0 aliphatic rings. The van der Waals surface area contributed by atoms with Crippen molar-refractivity contribution in [2.75, 3.05) is 13.6 Å². The van der Waals surface area contributed by atoms with Gasteiger partial charge < -0.3 is 4.90 Å². The number of nitrogens with one attached hydrogen (secondary N) is 1. The number of nitrogens with zero attached hydrogens (tertiary/aromatic N) is 4. The molecule has 0 fully saturated rings. The van der Waals surface area contributed by atoms with Gasteiger partial charge in [-0.3, -0.25) is 4.98 Å². The largest absolute Gasteiger partial charge is 0.348 e. The second kappa shape index (κ2) is 7.85. The highest BCUT2D eigenvalue weighted by Crippen LogP contribution is 2.28. The van der Waals surface area contributed by atoms with Crippen LogP contribution in [0.5, 0.6) is 0 Å². The van der Waals surface area contributed by atoms with E-state index in [4.69, 9.17) is 0 Å². The summed E-state index contributed by atoms with van der Waals surface area (Å²) in [5, 5.41) is 12.1. The number of aromatic amines is 1. The zero-order valence-corrected chi connectivity index (χ0v) is 17.4. The second-order valence-corrected chi connectivity index (χ2v) is 8.26. The Bertz CT molecular complexity index is 1360. The van der Waals surface area contributed by atoms with Crippen LogP contribution in [-0.2, 0) is 13.0 Å². The Balaban J connectivity index is 1.52. The van der Waals surface area contributed by atoms with Crippen LogP contribution < -0.4 is 5.69 Å². The number of benzene rings is 1. The Labute approximate surface area is 177 Å². The first-order valence-corrected chi connectivity index (χ1v) is 10.8. The van der Waals surface area contributed by atoms with Crippen LogP contribution in [0.2, 0.25) is 0 Å². The number of fused-ring (bicyclic) bond motifs is 3. The normalized spacial score (nSPS) is 11.7. The van der Waals surface area contributed by atoms with Crippen molar-refractivity contribution in [3.63, 3.8) is 0 Å². The average Bonchev–Trinajstić information content (AvgIpc) is 3.43. The summed E-state index contributed by atoms with van der Waals surface area (Å²) >= 11 is 1.67. The van der Waals surface area contributed by atoms with E-state index < -0.39 is 0 Å². The standard InChI is InChI=1S/C23H21N5OS/c1-27(10-6-16-4-8-24-9-5-16)14-19-13-22-25-26-23(29)28(22)21-12-17(2-3-20(19)21)18-7-11-30-15-18/h2-5,7-9,11-13,15H,6,10,14H2,1H3,(H,26,29). The third-order valence-electron chi connectivity index (χ3n) is 5.41. The number of aromatic nitrogens is 4. The van der Waals surface area contributed by atoms with Gasteiger partial charge in [-0.15, -0.1) is 0 Å². The van der Waals surface area contributed by atoms with Crippen molar-refractivity contribution in [1.29, 1.82) is 0 Å². The predicted molar refractivity (Wildman–Crippen MR) is 121 cm³/mol. The Morgan fingerprint density at radius 3 is 2.77 bits per heavy atom. The minimum atomic E-state index is -0.213. The minimum absolute atomic E-state index is 0.213. The van der Waals surface area contributed by atoms with Gasteiger partial charge >= 0.3 is 5.69 Å². The van der Waals surface area contributed by atoms with Crippen LogP contribution in [0.1, 0.15) is 11.1 Å². The summed E-state index contributed by atoms with van der Waals surface area (Å²) in [7, 11) is 2.12. The van der Waals surface area contributed by atoms with E-state index in [1.54, 1.807) is 15.7 Å². The summed E-state index contributed by atoms with van der Waals surface area (Å²) in [6.45, 7) is 1.70. The molecule has 6 nitrogen and oxygen atoms in total. The van der Waals surface area contributed by atoms with Crippen molar-refractivity contribution in [2.24, 2.45) is 0 Å². The van der Waals surface area contributed by atoms with Crippen molar-refractivity contribution < 1.29 is 0 Å². The summed E-state index contributed by atoms with van der Waals surface area (Å²) < 4.78 is 1.66. The molecule has 30 heavy (non-hydrogen) atoms. The number of rotatable bonds is 6. The fourth-order valence-corrected chi connectivity index (χ4v) is 4.50. The zero-order chi connectivity index (χ0) is 20.5. The maximum atomic E-state index is 12.4. The van der Waals surface area contributed by atoms with Gasteiger partial charge in [0.05, 0.1) is 5.52 Å². The molecule has 0 unspecified atom stereocenters. The van der Waals surface area contributed by atoms with Gasteiger partial charge in [-0.2, -0.15) is 16.4 Å². The Kier molecular flexibility index (Phi) is 4.90. The molecule has 5 aromatic rings. The molecule has 0 atom stereocenters. The van der Waals surface area contributed by atoms with Gasteiger partial charge in [0.1, 0.15) is 0 Å². The number of pyridine rings is 2. The Morgan fingerprint density at radius 1 is 1.10 bits per heavy atom. The van der Waals surface area contributed by atoms with Gasteiger partial charge in [-0.05, 0) is 76.8 Å². The molecule has 0 saturated heterocycles. The lowest BCUT2D eigenvalue weighted by atomic mass is 10.0. The molecule has 4 aromatic heterocycles. The van der Waals surface area contributed by atoms with Crippen molar-refractivity contribution in [3.05, 3.63) is 87.2 Å². The van der Waals surface area contributed by atoms with Gasteiger partial charge in [0, 0.05) is 30.9 Å². The molecule has 1 N–H and O–H groups in total. The molecule has 7 heteroatoms. The second-order valence-electron chi connectivity index (χ2n) is 7.48. The summed E-state index contributed by atoms with van der Waals surface area (Å²) in [4.78, 5) is 18.8. The quantitative estimate of drug-likeness (QED) is 0.456. The maximum absolute atomic E-state index is 12.4. The number of likely N-dealkylation sites (N-methyl/N-ethyl adjacent to an activating group) is 1. The molecule has 0 aliphatic heterocycles. The first-order valence-electron chi connectivity index (χ1n) is 9.82. The Morgan fingerprint density at radius 2 is 1.97 bits per heavy atom. The average molecular weight is 416 g/mol. The summed E-state index contributed by atoms with van der Waals surface area (Å²) in [5.74, 6) is 0. The lowest BCUT2D eigenvalue weighted by Gasteiger charge is -2.18. The highest BCUT2D eigenvalue weighted by molar-refractivity contribution is 7.08. The van der Waals surface area contributed by atoms with E-state index in [-0.39, 0.29) is 5.69 Å². The fourth-order valence-electron chi connectivity index (χ4n) is 3.84. The van der Waals surface area contributed by atoms with Gasteiger partial charge in [0.2, 0.25) is 0 Å². The van der Waals surface area contributed by atoms with Crippen LogP contribution in [0.25, 0.3) is 27.7 Å². The van der Waals surface area contributed by atoms with Crippen molar-refractivity contribution in [1.82, 2.24) is 24.5 Å². The predicted octanol–water partition coefficient (Wildman–Crippen LogP) is 3.97. The molecule has 4 heterocycles. The third kappa shape index (κ3) is 3.53. The highest BCUT2D eigenvalue weighted by atomic mass is 32.1. The molecule has 0 radical (unpaired) electrons. The molecular weight excluding hydrogens is 394 g/mol. The first-order chi connectivity index (χ1) is 14.7. The number of H-pyrrole nitrogens is 1. The summed E-state index contributed by atoms with van der Waals surface area (Å²) in [6.07, 6.45) is 4.62. The summed E-state index contributed by atoms with van der Waals surface area (Å²) in [6, 6.07) is 14.5. The molecular formula is C23H21N5OS. The number of hydrogen-bond acceptors (Lipinski definition) is 5. The van der Waals surface area contributed by atoms with E-state index in [1.165, 1.54) is 5.56 Å². The molecule has 0 spiro atoms. The van der Waals surface area contributed by atoms with E-state index in [9.17, 15) is 4.79 Å². The van der Waals surface area contributed by atoms with Gasteiger partial charge in [0.25, 0.3) is 0 Å². The minimum Gasteiger partial charge on any atom is -0.302 e.